The Morgan fingerprint density at radius 1 is 1.08 bits per heavy atom. The SMILES string of the molecule is CCOc1ccn(-c2ccc(F)cc2)c(=O)c1C(=O)Nc1ccc(-c2ccc3nc(N)sc3n2)c(F)c1. The Morgan fingerprint density at radius 2 is 1.86 bits per heavy atom. The molecule has 0 aliphatic heterocycles. The summed E-state index contributed by atoms with van der Waals surface area (Å²) in [6, 6.07) is 14.2. The van der Waals surface area contributed by atoms with E-state index in [2.05, 4.69) is 15.3 Å². The van der Waals surface area contributed by atoms with E-state index >= 15 is 4.39 Å². The summed E-state index contributed by atoms with van der Waals surface area (Å²) >= 11 is 1.20. The van der Waals surface area contributed by atoms with Gasteiger partial charge in [0.2, 0.25) is 0 Å². The summed E-state index contributed by atoms with van der Waals surface area (Å²) in [5.74, 6) is -1.79. The number of nitrogens with two attached hydrogens (primary N) is 1. The number of thiazole rings is 1. The van der Waals surface area contributed by atoms with Crippen LogP contribution >= 0.6 is 11.3 Å². The third kappa shape index (κ3) is 4.76. The molecule has 0 saturated carbocycles. The van der Waals surface area contributed by atoms with Crippen LogP contribution in [0.15, 0.2) is 71.7 Å². The number of fused-ring (bicyclic) bond motifs is 1. The van der Waals surface area contributed by atoms with Crippen LogP contribution in [0, 0.1) is 11.6 Å². The molecule has 0 atom stereocenters. The molecule has 0 unspecified atom stereocenters. The zero-order valence-corrected chi connectivity index (χ0v) is 20.2. The molecular weight excluding hydrogens is 500 g/mol. The van der Waals surface area contributed by atoms with E-state index in [0.29, 0.717) is 26.9 Å². The molecule has 3 N–H and O–H groups in total. The van der Waals surface area contributed by atoms with E-state index in [0.717, 1.165) is 6.07 Å². The number of hydrogen-bond acceptors (Lipinski definition) is 7. The van der Waals surface area contributed by atoms with E-state index < -0.39 is 23.1 Å². The van der Waals surface area contributed by atoms with Gasteiger partial charge in [-0.05, 0) is 67.6 Å². The quantitative estimate of drug-likeness (QED) is 0.326. The number of nitrogens with one attached hydrogen (secondary N) is 1. The molecule has 0 radical (unpaired) electrons. The van der Waals surface area contributed by atoms with Crippen LogP contribution in [0.1, 0.15) is 17.3 Å². The number of ether oxygens (including phenoxy) is 1. The molecule has 3 aromatic heterocycles. The number of nitrogens with zero attached hydrogens (tertiary/aromatic N) is 3. The largest absolute Gasteiger partial charge is 0.493 e. The van der Waals surface area contributed by atoms with E-state index in [1.165, 1.54) is 64.6 Å². The number of rotatable bonds is 6. The monoisotopic (exact) mass is 519 g/mol. The zero-order chi connectivity index (χ0) is 26.1. The molecule has 0 bridgehead atoms. The van der Waals surface area contributed by atoms with Crippen molar-refractivity contribution in [2.75, 3.05) is 17.7 Å². The van der Waals surface area contributed by atoms with Crippen LogP contribution in [-0.2, 0) is 0 Å². The first-order valence-corrected chi connectivity index (χ1v) is 11.9. The number of amides is 1. The third-order valence-electron chi connectivity index (χ3n) is 5.46. The first kappa shape index (κ1) is 24.1. The summed E-state index contributed by atoms with van der Waals surface area (Å²) in [6.07, 6.45) is 1.44. The molecule has 2 aromatic carbocycles. The maximum atomic E-state index is 15.0. The minimum atomic E-state index is -0.781. The highest BCUT2D eigenvalue weighted by Gasteiger charge is 2.21. The fourth-order valence-corrected chi connectivity index (χ4v) is 4.49. The predicted molar refractivity (Wildman–Crippen MR) is 138 cm³/mol. The third-order valence-corrected chi connectivity index (χ3v) is 6.25. The number of carbonyl (C=O) groups excluding carboxylic acids is 1. The molecule has 37 heavy (non-hydrogen) atoms. The Hall–Kier alpha value is -4.64. The van der Waals surface area contributed by atoms with Crippen molar-refractivity contribution in [2.24, 2.45) is 0 Å². The van der Waals surface area contributed by atoms with Gasteiger partial charge in [-0.15, -0.1) is 0 Å². The van der Waals surface area contributed by atoms with Gasteiger partial charge in [0.1, 0.15) is 33.3 Å². The summed E-state index contributed by atoms with van der Waals surface area (Å²) in [6.45, 7) is 1.93. The maximum absolute atomic E-state index is 15.0. The molecule has 5 aromatic rings. The summed E-state index contributed by atoms with van der Waals surface area (Å²) in [4.78, 5) is 35.5. The number of aromatic nitrogens is 3. The fourth-order valence-electron chi connectivity index (χ4n) is 3.79. The molecule has 0 fully saturated rings. The Labute approximate surface area is 213 Å². The number of halogens is 2. The van der Waals surface area contributed by atoms with Crippen molar-refractivity contribution >= 4 is 38.4 Å². The predicted octanol–water partition coefficient (Wildman–Crippen LogP) is 5.02. The lowest BCUT2D eigenvalue weighted by Crippen LogP contribution is -2.29. The van der Waals surface area contributed by atoms with E-state index in [1.54, 1.807) is 19.1 Å². The Morgan fingerprint density at radius 3 is 2.59 bits per heavy atom. The molecule has 0 aliphatic carbocycles. The van der Waals surface area contributed by atoms with Crippen LogP contribution in [0.4, 0.5) is 19.6 Å². The standard InChI is InChI=1S/C26H19F2N5O3S/c1-2-36-21-11-12-33(16-6-3-14(27)4-7-16)25(35)22(21)23(34)30-15-5-8-17(18(28)13-15)19-9-10-20-24(31-19)37-26(29)32-20/h3-13H,2H2,1H3,(H2,29,32)(H,30,34). The van der Waals surface area contributed by atoms with E-state index in [9.17, 15) is 14.0 Å². The molecular formula is C26H19F2N5O3S. The van der Waals surface area contributed by atoms with Gasteiger partial charge in [-0.2, -0.15) is 0 Å². The normalized spacial score (nSPS) is 11.0. The molecule has 8 nitrogen and oxygen atoms in total. The van der Waals surface area contributed by atoms with E-state index in [-0.39, 0.29) is 29.2 Å². The highest BCUT2D eigenvalue weighted by Crippen LogP contribution is 2.29. The van der Waals surface area contributed by atoms with Crippen LogP contribution in [-0.4, -0.2) is 27.0 Å². The van der Waals surface area contributed by atoms with Gasteiger partial charge in [0.25, 0.3) is 11.5 Å². The van der Waals surface area contributed by atoms with E-state index in [4.69, 9.17) is 10.5 Å². The van der Waals surface area contributed by atoms with Crippen molar-refractivity contribution in [3.8, 4) is 22.7 Å². The number of benzene rings is 2. The van der Waals surface area contributed by atoms with Crippen LogP contribution in [0.2, 0.25) is 0 Å². The Kier molecular flexibility index (Phi) is 6.36. The first-order valence-electron chi connectivity index (χ1n) is 11.1. The summed E-state index contributed by atoms with van der Waals surface area (Å²) in [5, 5.41) is 2.93. The molecule has 0 aliphatic rings. The first-order chi connectivity index (χ1) is 17.8. The van der Waals surface area contributed by atoms with Crippen molar-refractivity contribution in [3.05, 3.63) is 94.4 Å². The van der Waals surface area contributed by atoms with Gasteiger partial charge in [0.05, 0.1) is 12.3 Å². The van der Waals surface area contributed by atoms with Gasteiger partial charge < -0.3 is 15.8 Å². The number of pyridine rings is 2. The lowest BCUT2D eigenvalue weighted by molar-refractivity contribution is 0.102. The zero-order valence-electron chi connectivity index (χ0n) is 19.4. The second-order valence-corrected chi connectivity index (χ2v) is 8.87. The van der Waals surface area contributed by atoms with Crippen LogP contribution in [0.25, 0.3) is 27.3 Å². The van der Waals surface area contributed by atoms with Crippen LogP contribution in [0.3, 0.4) is 0 Å². The summed E-state index contributed by atoms with van der Waals surface area (Å²) < 4.78 is 35.1. The summed E-state index contributed by atoms with van der Waals surface area (Å²) in [5.41, 5.74) is 6.50. The van der Waals surface area contributed by atoms with Crippen molar-refractivity contribution in [3.63, 3.8) is 0 Å². The molecule has 5 rings (SSSR count). The number of hydrogen-bond donors (Lipinski definition) is 2. The maximum Gasteiger partial charge on any atom is 0.271 e. The molecule has 3 heterocycles. The highest BCUT2D eigenvalue weighted by atomic mass is 32.1. The molecule has 0 saturated heterocycles. The van der Waals surface area contributed by atoms with Crippen molar-refractivity contribution < 1.29 is 18.3 Å². The average molecular weight is 520 g/mol. The molecule has 1 amide bonds. The van der Waals surface area contributed by atoms with Crippen LogP contribution < -0.4 is 21.3 Å². The molecule has 11 heteroatoms. The van der Waals surface area contributed by atoms with Crippen molar-refractivity contribution in [1.82, 2.24) is 14.5 Å². The minimum absolute atomic E-state index is 0.0711. The topological polar surface area (TPSA) is 112 Å². The second kappa shape index (κ2) is 9.78. The van der Waals surface area contributed by atoms with E-state index in [1.807, 2.05) is 0 Å². The lowest BCUT2D eigenvalue weighted by atomic mass is 10.1. The van der Waals surface area contributed by atoms with Gasteiger partial charge in [-0.25, -0.2) is 18.7 Å². The minimum Gasteiger partial charge on any atom is -0.493 e. The van der Waals surface area contributed by atoms with Gasteiger partial charge in [0, 0.05) is 23.1 Å². The summed E-state index contributed by atoms with van der Waals surface area (Å²) in [7, 11) is 0. The Bertz CT molecular complexity index is 1700. The van der Waals surface area contributed by atoms with Gasteiger partial charge >= 0.3 is 0 Å². The second-order valence-electron chi connectivity index (χ2n) is 7.86. The lowest BCUT2D eigenvalue weighted by Gasteiger charge is -2.14. The van der Waals surface area contributed by atoms with Gasteiger partial charge in [-0.3, -0.25) is 14.2 Å². The van der Waals surface area contributed by atoms with Gasteiger partial charge in [-0.1, -0.05) is 11.3 Å². The number of anilines is 2. The van der Waals surface area contributed by atoms with Crippen LogP contribution in [0.5, 0.6) is 5.75 Å². The molecule has 186 valence electrons. The fraction of sp³-hybridized carbons (Fsp3) is 0.0769. The van der Waals surface area contributed by atoms with Crippen molar-refractivity contribution in [1.29, 1.82) is 0 Å². The smallest absolute Gasteiger partial charge is 0.271 e. The average Bonchev–Trinajstić information content (AvgIpc) is 3.24. The Balaban J connectivity index is 1.46. The number of nitrogen functional groups attached to an aromatic ring is 1. The number of carbonyl (C=O) groups is 1. The van der Waals surface area contributed by atoms with Gasteiger partial charge in [0.15, 0.2) is 5.13 Å². The van der Waals surface area contributed by atoms with Crippen molar-refractivity contribution in [2.45, 2.75) is 6.92 Å². The highest BCUT2D eigenvalue weighted by molar-refractivity contribution is 7.21. The molecule has 0 spiro atoms.